The third-order valence-electron chi connectivity index (χ3n) is 2.98. The van der Waals surface area contributed by atoms with Gasteiger partial charge in [0.15, 0.2) is 0 Å². The highest BCUT2D eigenvalue weighted by Crippen LogP contribution is 2.17. The van der Waals surface area contributed by atoms with Crippen LogP contribution in [0, 0.1) is 35.5 Å². The highest BCUT2D eigenvalue weighted by molar-refractivity contribution is 5.46. The van der Waals surface area contributed by atoms with Crippen LogP contribution < -0.4 is 0 Å². The van der Waals surface area contributed by atoms with Crippen molar-refractivity contribution in [2.45, 2.75) is 47.0 Å². The molecule has 1 rings (SSSR count). The normalized spacial score (nSPS) is 10.4. The molecule has 0 aliphatic heterocycles. The van der Waals surface area contributed by atoms with Gasteiger partial charge in [-0.1, -0.05) is 37.3 Å². The molecule has 0 spiro atoms. The van der Waals surface area contributed by atoms with Gasteiger partial charge in [-0.15, -0.1) is 0 Å². The quantitative estimate of drug-likeness (QED) is 0.724. The molecule has 0 radical (unpaired) electrons. The number of aryl methyl sites for hydroxylation is 1. The van der Waals surface area contributed by atoms with Crippen molar-refractivity contribution < 1.29 is 0 Å². The van der Waals surface area contributed by atoms with E-state index in [0.717, 1.165) is 12.0 Å². The zero-order valence-corrected chi connectivity index (χ0v) is 11.8. The van der Waals surface area contributed by atoms with Gasteiger partial charge in [0.05, 0.1) is 6.07 Å². The van der Waals surface area contributed by atoms with E-state index in [1.807, 2.05) is 19.9 Å². The Balaban J connectivity index is 3.10. The Morgan fingerprint density at radius 2 is 2.00 bits per heavy atom. The van der Waals surface area contributed by atoms with Crippen LogP contribution in [0.15, 0.2) is 18.2 Å². The molecule has 1 heteroatoms. The molecule has 0 N–H and O–H groups in total. The molecule has 0 aliphatic carbocycles. The van der Waals surface area contributed by atoms with Crippen LogP contribution in [0.2, 0.25) is 0 Å². The monoisotopic (exact) mass is 239 g/mol. The lowest BCUT2D eigenvalue weighted by molar-refractivity contribution is 0.673. The molecule has 1 aromatic carbocycles. The van der Waals surface area contributed by atoms with Gasteiger partial charge in [-0.3, -0.25) is 0 Å². The van der Waals surface area contributed by atoms with Gasteiger partial charge in [-0.25, -0.2) is 0 Å². The molecule has 0 saturated carbocycles. The molecule has 0 fully saturated rings. The van der Waals surface area contributed by atoms with Gasteiger partial charge in [0, 0.05) is 5.56 Å². The molecule has 18 heavy (non-hydrogen) atoms. The summed E-state index contributed by atoms with van der Waals surface area (Å²) >= 11 is 0. The van der Waals surface area contributed by atoms with Crippen LogP contribution in [-0.4, -0.2) is 0 Å². The van der Waals surface area contributed by atoms with E-state index in [0.29, 0.717) is 0 Å². The van der Waals surface area contributed by atoms with Crippen molar-refractivity contribution in [3.8, 4) is 17.9 Å². The van der Waals surface area contributed by atoms with Gasteiger partial charge in [-0.2, -0.15) is 5.26 Å². The van der Waals surface area contributed by atoms with E-state index >= 15 is 0 Å². The van der Waals surface area contributed by atoms with Gasteiger partial charge in [-0.05, 0) is 50.8 Å². The van der Waals surface area contributed by atoms with E-state index in [4.69, 9.17) is 5.26 Å². The zero-order valence-electron chi connectivity index (χ0n) is 11.8. The Kier molecular flexibility index (Phi) is 4.99. The van der Waals surface area contributed by atoms with Crippen LogP contribution in [0.3, 0.4) is 0 Å². The van der Waals surface area contributed by atoms with Crippen molar-refractivity contribution >= 4 is 0 Å². The molecule has 1 nitrogen and oxygen atoms in total. The molecule has 0 unspecified atom stereocenters. The minimum Gasteiger partial charge on any atom is -0.197 e. The summed E-state index contributed by atoms with van der Waals surface area (Å²) in [5.74, 6) is 6.24. The number of nitrogens with zero attached hydrogens (tertiary/aromatic N) is 1. The second-order valence-corrected chi connectivity index (χ2v) is 5.19. The van der Waals surface area contributed by atoms with Crippen molar-refractivity contribution in [1.82, 2.24) is 0 Å². The zero-order chi connectivity index (χ0) is 13.6. The number of hydrogen-bond acceptors (Lipinski definition) is 1. The van der Waals surface area contributed by atoms with Crippen molar-refractivity contribution in [2.24, 2.45) is 5.41 Å². The number of benzene rings is 1. The number of unbranched alkanes of at least 4 members (excludes halogenated alkanes) is 1. The van der Waals surface area contributed by atoms with E-state index in [1.54, 1.807) is 0 Å². The molecule has 94 valence electrons. The Morgan fingerprint density at radius 3 is 2.61 bits per heavy atom. The average Bonchev–Trinajstić information content (AvgIpc) is 2.35. The first-order valence-electron chi connectivity index (χ1n) is 6.53. The average molecular weight is 239 g/mol. The lowest BCUT2D eigenvalue weighted by Gasteiger charge is -2.09. The second-order valence-electron chi connectivity index (χ2n) is 5.19. The summed E-state index contributed by atoms with van der Waals surface area (Å²) in [6, 6.07) is 8.44. The Hall–Kier alpha value is -1.73. The maximum Gasteiger partial charge on any atom is 0.112 e. The third kappa shape index (κ3) is 3.94. The molecule has 0 amide bonds. The van der Waals surface area contributed by atoms with E-state index < -0.39 is 5.41 Å². The molecule has 0 aromatic heterocycles. The largest absolute Gasteiger partial charge is 0.197 e. The Labute approximate surface area is 111 Å². The molecule has 0 aliphatic rings. The van der Waals surface area contributed by atoms with Crippen LogP contribution in [0.4, 0.5) is 0 Å². The molecule has 1 aromatic rings. The Bertz CT molecular complexity index is 507. The molecule has 0 bridgehead atoms. The Morgan fingerprint density at radius 1 is 1.28 bits per heavy atom. The van der Waals surface area contributed by atoms with Crippen molar-refractivity contribution in [1.29, 1.82) is 5.26 Å². The first kappa shape index (κ1) is 14.3. The van der Waals surface area contributed by atoms with Gasteiger partial charge in [0.1, 0.15) is 5.41 Å². The topological polar surface area (TPSA) is 23.8 Å². The highest BCUT2D eigenvalue weighted by Gasteiger charge is 2.11. The second kappa shape index (κ2) is 6.27. The van der Waals surface area contributed by atoms with Crippen LogP contribution in [0.5, 0.6) is 0 Å². The highest BCUT2D eigenvalue weighted by atomic mass is 14.3. The van der Waals surface area contributed by atoms with E-state index in [1.165, 1.54) is 24.0 Å². The number of nitriles is 1. The molecule has 0 atom stereocenters. The van der Waals surface area contributed by atoms with Gasteiger partial charge < -0.3 is 0 Å². The molecular weight excluding hydrogens is 218 g/mol. The summed E-state index contributed by atoms with van der Waals surface area (Å²) in [7, 11) is 0. The SMILES string of the molecule is CCCCc1c(C)cccc1C#CC(C)(C)C#N. The van der Waals surface area contributed by atoms with Gasteiger partial charge >= 0.3 is 0 Å². The fourth-order valence-electron chi connectivity index (χ4n) is 1.76. The predicted octanol–water partition coefficient (Wildman–Crippen LogP) is 4.24. The maximum atomic E-state index is 8.98. The maximum absolute atomic E-state index is 8.98. The summed E-state index contributed by atoms with van der Waals surface area (Å²) in [6.45, 7) is 8.02. The molecule has 0 saturated heterocycles. The first-order valence-corrected chi connectivity index (χ1v) is 6.53. The smallest absolute Gasteiger partial charge is 0.112 e. The summed E-state index contributed by atoms with van der Waals surface area (Å²) in [5, 5.41) is 8.98. The van der Waals surface area contributed by atoms with Crippen molar-refractivity contribution in [3.05, 3.63) is 34.9 Å². The van der Waals surface area contributed by atoms with Crippen LogP contribution in [0.1, 0.15) is 50.3 Å². The minimum absolute atomic E-state index is 0.578. The van der Waals surface area contributed by atoms with Crippen LogP contribution in [0.25, 0.3) is 0 Å². The summed E-state index contributed by atoms with van der Waals surface area (Å²) in [6.07, 6.45) is 3.44. The van der Waals surface area contributed by atoms with Crippen LogP contribution >= 0.6 is 0 Å². The predicted molar refractivity (Wildman–Crippen MR) is 76.1 cm³/mol. The first-order chi connectivity index (χ1) is 8.50. The number of rotatable bonds is 3. The molecular formula is C17H21N. The summed E-state index contributed by atoms with van der Waals surface area (Å²) in [5.41, 5.74) is 3.13. The minimum atomic E-state index is -0.578. The van der Waals surface area contributed by atoms with Crippen molar-refractivity contribution in [3.63, 3.8) is 0 Å². The van der Waals surface area contributed by atoms with E-state index in [-0.39, 0.29) is 0 Å². The standard InChI is InChI=1S/C17H21N/c1-5-6-10-16-14(2)8-7-9-15(16)11-12-17(3,4)13-18/h7-9H,5-6,10H2,1-4H3. The lowest BCUT2D eigenvalue weighted by atomic mass is 9.93. The van der Waals surface area contributed by atoms with Crippen LogP contribution in [-0.2, 0) is 6.42 Å². The van der Waals surface area contributed by atoms with E-state index in [2.05, 4.69) is 43.9 Å². The number of hydrogen-bond donors (Lipinski definition) is 0. The molecule has 0 heterocycles. The third-order valence-corrected chi connectivity index (χ3v) is 2.98. The van der Waals surface area contributed by atoms with Gasteiger partial charge in [0.25, 0.3) is 0 Å². The van der Waals surface area contributed by atoms with Crippen molar-refractivity contribution in [2.75, 3.05) is 0 Å². The summed E-state index contributed by atoms with van der Waals surface area (Å²) in [4.78, 5) is 0. The fourth-order valence-corrected chi connectivity index (χ4v) is 1.76. The van der Waals surface area contributed by atoms with E-state index in [9.17, 15) is 0 Å². The van der Waals surface area contributed by atoms with Gasteiger partial charge in [0.2, 0.25) is 0 Å². The fraction of sp³-hybridized carbons (Fsp3) is 0.471. The summed E-state index contributed by atoms with van der Waals surface area (Å²) < 4.78 is 0. The lowest BCUT2D eigenvalue weighted by Crippen LogP contribution is -2.03.